The highest BCUT2D eigenvalue weighted by molar-refractivity contribution is 5.81. The van der Waals surface area contributed by atoms with E-state index in [0.29, 0.717) is 35.5 Å². The van der Waals surface area contributed by atoms with E-state index in [-0.39, 0.29) is 17.5 Å². The van der Waals surface area contributed by atoms with E-state index in [0.717, 1.165) is 57.3 Å². The molecule has 4 aliphatic carbocycles. The van der Waals surface area contributed by atoms with E-state index in [2.05, 4.69) is 34.6 Å². The van der Waals surface area contributed by atoms with Crippen LogP contribution in [-0.2, 0) is 9.53 Å². The van der Waals surface area contributed by atoms with Crippen molar-refractivity contribution in [3.8, 4) is 0 Å². The van der Waals surface area contributed by atoms with Crippen LogP contribution in [0.25, 0.3) is 0 Å². The van der Waals surface area contributed by atoms with Gasteiger partial charge in [0.25, 0.3) is 0 Å². The standard InChI is InChI=1S/C27H46O3/c1-18-11-12-20-17-23-19(2)13-16-27(29,24(28)30-21-9-7-6-8-10-21)26(23,5)15-14-22(18)25(20,3)4/h18-23,29H,6-17H2,1-5H3/t18-,19-,20+,22+,23-,26+,27?/m1/s1. The first kappa shape index (κ1) is 22.6. The molecule has 0 aromatic carbocycles. The van der Waals surface area contributed by atoms with E-state index in [1.807, 2.05) is 0 Å². The molecule has 30 heavy (non-hydrogen) atoms. The molecule has 3 nitrogen and oxygen atoms in total. The third kappa shape index (κ3) is 3.55. The second-order valence-corrected chi connectivity index (χ2v) is 12.5. The first-order valence-electron chi connectivity index (χ1n) is 13.0. The van der Waals surface area contributed by atoms with Crippen LogP contribution in [0, 0.1) is 40.4 Å². The molecule has 4 fully saturated rings. The average molecular weight is 419 g/mol. The lowest BCUT2D eigenvalue weighted by Gasteiger charge is -2.60. The third-order valence-corrected chi connectivity index (χ3v) is 10.8. The lowest BCUT2D eigenvalue weighted by Crippen LogP contribution is -2.63. The third-order valence-electron chi connectivity index (χ3n) is 10.8. The molecule has 7 atom stereocenters. The number of esters is 1. The Balaban J connectivity index is 1.63. The van der Waals surface area contributed by atoms with Gasteiger partial charge < -0.3 is 9.84 Å². The Morgan fingerprint density at radius 3 is 2.20 bits per heavy atom. The van der Waals surface area contributed by atoms with E-state index in [1.54, 1.807) is 0 Å². The van der Waals surface area contributed by atoms with Gasteiger partial charge in [-0.15, -0.1) is 0 Å². The summed E-state index contributed by atoms with van der Waals surface area (Å²) in [5, 5.41) is 12.0. The van der Waals surface area contributed by atoms with Crippen molar-refractivity contribution in [1.82, 2.24) is 0 Å². The Morgan fingerprint density at radius 2 is 1.50 bits per heavy atom. The molecular formula is C27H46O3. The first-order chi connectivity index (χ1) is 14.1. The molecule has 0 radical (unpaired) electrons. The summed E-state index contributed by atoms with van der Waals surface area (Å²) in [5.74, 6) is 2.78. The highest BCUT2D eigenvalue weighted by Gasteiger charge is 2.63. The molecule has 0 heterocycles. The molecule has 0 aromatic heterocycles. The van der Waals surface area contributed by atoms with Crippen LogP contribution in [0.5, 0.6) is 0 Å². The molecule has 4 rings (SSSR count). The smallest absolute Gasteiger partial charge is 0.338 e. The number of hydrogen-bond acceptors (Lipinski definition) is 3. The van der Waals surface area contributed by atoms with Gasteiger partial charge in [0.15, 0.2) is 5.60 Å². The van der Waals surface area contributed by atoms with Crippen LogP contribution in [0.2, 0.25) is 0 Å². The summed E-state index contributed by atoms with van der Waals surface area (Å²) >= 11 is 0. The van der Waals surface area contributed by atoms with E-state index in [4.69, 9.17) is 4.74 Å². The second-order valence-electron chi connectivity index (χ2n) is 12.5. The van der Waals surface area contributed by atoms with Gasteiger partial charge in [0, 0.05) is 5.41 Å². The molecule has 3 heteroatoms. The van der Waals surface area contributed by atoms with E-state index in [9.17, 15) is 9.90 Å². The molecule has 1 unspecified atom stereocenters. The van der Waals surface area contributed by atoms with Gasteiger partial charge in [-0.2, -0.15) is 0 Å². The predicted molar refractivity (Wildman–Crippen MR) is 121 cm³/mol. The molecule has 1 N–H and O–H groups in total. The summed E-state index contributed by atoms with van der Waals surface area (Å²) in [5.41, 5.74) is -1.34. The number of carbonyl (C=O) groups is 1. The monoisotopic (exact) mass is 418 g/mol. The van der Waals surface area contributed by atoms with Crippen molar-refractivity contribution < 1.29 is 14.6 Å². The van der Waals surface area contributed by atoms with Crippen LogP contribution in [0.4, 0.5) is 0 Å². The molecule has 172 valence electrons. The predicted octanol–water partition coefficient (Wildman–Crippen LogP) is 6.52. The Hall–Kier alpha value is -0.570. The van der Waals surface area contributed by atoms with Gasteiger partial charge in [0.2, 0.25) is 0 Å². The topological polar surface area (TPSA) is 46.5 Å². The summed E-state index contributed by atoms with van der Waals surface area (Å²) in [7, 11) is 0. The molecule has 0 saturated heterocycles. The maximum Gasteiger partial charge on any atom is 0.338 e. The van der Waals surface area contributed by atoms with Crippen molar-refractivity contribution in [1.29, 1.82) is 0 Å². The number of ether oxygens (including phenoxy) is 1. The van der Waals surface area contributed by atoms with Crippen LogP contribution >= 0.6 is 0 Å². The molecule has 0 spiro atoms. The minimum absolute atomic E-state index is 0.0172. The molecular weight excluding hydrogens is 372 g/mol. The highest BCUT2D eigenvalue weighted by atomic mass is 16.6. The Morgan fingerprint density at radius 1 is 0.833 bits per heavy atom. The van der Waals surface area contributed by atoms with Crippen LogP contribution in [0.15, 0.2) is 0 Å². The van der Waals surface area contributed by atoms with Crippen molar-refractivity contribution in [3.05, 3.63) is 0 Å². The van der Waals surface area contributed by atoms with Crippen LogP contribution in [0.3, 0.4) is 0 Å². The minimum atomic E-state index is -1.32. The van der Waals surface area contributed by atoms with Crippen LogP contribution < -0.4 is 0 Å². The Bertz CT molecular complexity index is 636. The fourth-order valence-electron chi connectivity index (χ4n) is 8.42. The first-order valence-corrected chi connectivity index (χ1v) is 13.0. The SMILES string of the molecule is C[C@@H]1CCC(O)(C(=O)OC2CCCCC2)[C@@]2(C)CC[C@H]3[C@H](C)CC[C@@H](C[C@H]12)C3(C)C. The van der Waals surface area contributed by atoms with Crippen molar-refractivity contribution in [3.63, 3.8) is 0 Å². The zero-order valence-electron chi connectivity index (χ0n) is 20.2. The molecule has 0 aliphatic heterocycles. The summed E-state index contributed by atoms with van der Waals surface area (Å²) < 4.78 is 6.02. The zero-order valence-corrected chi connectivity index (χ0v) is 20.2. The van der Waals surface area contributed by atoms with Gasteiger partial charge in [-0.1, -0.05) is 47.5 Å². The Labute approximate surface area is 184 Å². The fourth-order valence-corrected chi connectivity index (χ4v) is 8.42. The van der Waals surface area contributed by atoms with Gasteiger partial charge in [-0.05, 0) is 99.2 Å². The second kappa shape index (κ2) is 8.09. The van der Waals surface area contributed by atoms with Crippen molar-refractivity contribution in [2.24, 2.45) is 40.4 Å². The number of aliphatic hydroxyl groups is 1. The summed E-state index contributed by atoms with van der Waals surface area (Å²) in [4.78, 5) is 13.5. The van der Waals surface area contributed by atoms with Crippen molar-refractivity contribution in [2.75, 3.05) is 0 Å². The Kier molecular flexibility index (Phi) is 6.10. The van der Waals surface area contributed by atoms with Crippen LogP contribution in [-0.4, -0.2) is 22.8 Å². The number of carbonyl (C=O) groups excluding carboxylic acids is 1. The van der Waals surface area contributed by atoms with Crippen molar-refractivity contribution >= 4 is 5.97 Å². The largest absolute Gasteiger partial charge is 0.460 e. The van der Waals surface area contributed by atoms with Gasteiger partial charge in [0.1, 0.15) is 6.10 Å². The lowest BCUT2D eigenvalue weighted by atomic mass is 9.45. The number of fused-ring (bicyclic) bond motifs is 3. The molecule has 4 saturated carbocycles. The molecule has 0 amide bonds. The molecule has 2 bridgehead atoms. The molecule has 4 aliphatic rings. The van der Waals surface area contributed by atoms with Crippen LogP contribution in [0.1, 0.15) is 112 Å². The minimum Gasteiger partial charge on any atom is -0.460 e. The van der Waals surface area contributed by atoms with Gasteiger partial charge >= 0.3 is 5.97 Å². The molecule has 0 aromatic rings. The van der Waals surface area contributed by atoms with E-state index < -0.39 is 5.60 Å². The zero-order chi connectivity index (χ0) is 21.7. The summed E-state index contributed by atoms with van der Waals surface area (Å²) in [6.07, 6.45) is 12.9. The lowest BCUT2D eigenvalue weighted by molar-refractivity contribution is -0.216. The van der Waals surface area contributed by atoms with Gasteiger partial charge in [-0.3, -0.25) is 0 Å². The number of rotatable bonds is 2. The number of hydrogen-bond donors (Lipinski definition) is 1. The van der Waals surface area contributed by atoms with E-state index >= 15 is 0 Å². The summed E-state index contributed by atoms with van der Waals surface area (Å²) in [6.45, 7) is 12.0. The van der Waals surface area contributed by atoms with Gasteiger partial charge in [-0.25, -0.2) is 4.79 Å². The fraction of sp³-hybridized carbons (Fsp3) is 0.963. The maximum absolute atomic E-state index is 13.5. The quantitative estimate of drug-likeness (QED) is 0.519. The average Bonchev–Trinajstić information content (AvgIpc) is 2.70. The normalized spacial score (nSPS) is 46.9. The van der Waals surface area contributed by atoms with Gasteiger partial charge in [0.05, 0.1) is 0 Å². The summed E-state index contributed by atoms with van der Waals surface area (Å²) in [6, 6.07) is 0. The highest BCUT2D eigenvalue weighted by Crippen LogP contribution is 2.62. The van der Waals surface area contributed by atoms with Crippen molar-refractivity contribution in [2.45, 2.75) is 123 Å². The maximum atomic E-state index is 13.5. The van der Waals surface area contributed by atoms with E-state index in [1.165, 1.54) is 19.3 Å².